The Morgan fingerprint density at radius 1 is 1.10 bits per heavy atom. The summed E-state index contributed by atoms with van der Waals surface area (Å²) < 4.78 is 19.1. The van der Waals surface area contributed by atoms with Crippen LogP contribution < -0.4 is 10.2 Å². The van der Waals surface area contributed by atoms with Crippen LogP contribution in [0.25, 0.3) is 0 Å². The third-order valence-electron chi connectivity index (χ3n) is 6.12. The Kier molecular flexibility index (Phi) is 6.42. The molecular formula is C22H29FN6O. The van der Waals surface area contributed by atoms with Crippen LogP contribution in [0.15, 0.2) is 47.7 Å². The lowest BCUT2D eigenvalue weighted by molar-refractivity contribution is 0.0511. The Balaban J connectivity index is 1.40. The van der Waals surface area contributed by atoms with Crippen molar-refractivity contribution in [2.75, 3.05) is 57.9 Å². The normalized spacial score (nSPS) is 19.6. The standard InChI is InChI=1S/C22H29FN6O/c1-24-20(28-11-13-29(14-12-28)21-25-9-2-10-26-21)27-17-22(7-15-30-16-8-22)18-3-5-19(23)6-4-18/h2-6,9-10H,7-8,11-17H2,1H3,(H,24,27). The van der Waals surface area contributed by atoms with Crippen LogP contribution in [0.4, 0.5) is 10.3 Å². The van der Waals surface area contributed by atoms with Crippen molar-refractivity contribution in [2.45, 2.75) is 18.3 Å². The SMILES string of the molecule is CN=C(NCC1(c2ccc(F)cc2)CCOCC1)N1CCN(c2ncccn2)CC1. The molecule has 0 unspecified atom stereocenters. The molecule has 4 rings (SSSR count). The third-order valence-corrected chi connectivity index (χ3v) is 6.12. The maximum atomic E-state index is 13.5. The second kappa shape index (κ2) is 9.38. The average molecular weight is 413 g/mol. The first-order chi connectivity index (χ1) is 14.7. The number of benzene rings is 1. The number of aliphatic imine (C=N–C) groups is 1. The molecule has 2 saturated heterocycles. The molecule has 1 aromatic carbocycles. The van der Waals surface area contributed by atoms with Gasteiger partial charge in [-0.2, -0.15) is 0 Å². The van der Waals surface area contributed by atoms with Crippen LogP contribution in [0.3, 0.4) is 0 Å². The molecule has 0 amide bonds. The van der Waals surface area contributed by atoms with Crippen molar-refractivity contribution < 1.29 is 9.13 Å². The van der Waals surface area contributed by atoms with Gasteiger partial charge in [-0.3, -0.25) is 4.99 Å². The van der Waals surface area contributed by atoms with Crippen molar-refractivity contribution >= 4 is 11.9 Å². The molecular weight excluding hydrogens is 383 g/mol. The van der Waals surface area contributed by atoms with Crippen LogP contribution in [0.2, 0.25) is 0 Å². The number of aromatic nitrogens is 2. The van der Waals surface area contributed by atoms with E-state index in [2.05, 4.69) is 30.1 Å². The summed E-state index contributed by atoms with van der Waals surface area (Å²) in [5.41, 5.74) is 1.07. The molecule has 3 heterocycles. The van der Waals surface area contributed by atoms with Crippen LogP contribution in [0, 0.1) is 5.82 Å². The molecule has 160 valence electrons. The van der Waals surface area contributed by atoms with Gasteiger partial charge >= 0.3 is 0 Å². The second-order valence-electron chi connectivity index (χ2n) is 7.82. The molecule has 0 spiro atoms. The Morgan fingerprint density at radius 2 is 1.77 bits per heavy atom. The molecule has 0 radical (unpaired) electrons. The van der Waals surface area contributed by atoms with Gasteiger partial charge in [0.1, 0.15) is 5.82 Å². The van der Waals surface area contributed by atoms with Gasteiger partial charge in [-0.05, 0) is 36.6 Å². The number of anilines is 1. The van der Waals surface area contributed by atoms with E-state index in [0.29, 0.717) is 13.2 Å². The van der Waals surface area contributed by atoms with E-state index in [1.54, 1.807) is 24.5 Å². The van der Waals surface area contributed by atoms with E-state index in [1.807, 2.05) is 25.2 Å². The molecule has 2 aliphatic rings. The van der Waals surface area contributed by atoms with E-state index in [9.17, 15) is 4.39 Å². The third kappa shape index (κ3) is 4.53. The summed E-state index contributed by atoms with van der Waals surface area (Å²) >= 11 is 0. The minimum atomic E-state index is -0.204. The van der Waals surface area contributed by atoms with Crippen molar-refractivity contribution in [3.8, 4) is 0 Å². The van der Waals surface area contributed by atoms with Crippen LogP contribution in [0.1, 0.15) is 18.4 Å². The molecule has 0 atom stereocenters. The summed E-state index contributed by atoms with van der Waals surface area (Å²) in [7, 11) is 1.82. The molecule has 0 aliphatic carbocycles. The maximum Gasteiger partial charge on any atom is 0.225 e. The van der Waals surface area contributed by atoms with Crippen molar-refractivity contribution in [3.63, 3.8) is 0 Å². The quantitative estimate of drug-likeness (QED) is 0.613. The number of hydrogen-bond acceptors (Lipinski definition) is 5. The molecule has 2 aromatic rings. The van der Waals surface area contributed by atoms with E-state index < -0.39 is 0 Å². The number of guanidine groups is 1. The molecule has 0 bridgehead atoms. The molecule has 8 heteroatoms. The fourth-order valence-corrected chi connectivity index (χ4v) is 4.29. The van der Waals surface area contributed by atoms with Gasteiger partial charge in [-0.1, -0.05) is 12.1 Å². The molecule has 0 saturated carbocycles. The lowest BCUT2D eigenvalue weighted by atomic mass is 9.74. The highest BCUT2D eigenvalue weighted by Gasteiger charge is 2.35. The molecule has 1 N–H and O–H groups in total. The van der Waals surface area contributed by atoms with Crippen molar-refractivity contribution in [2.24, 2.45) is 4.99 Å². The lowest BCUT2D eigenvalue weighted by Crippen LogP contribution is -2.55. The number of nitrogens with one attached hydrogen (secondary N) is 1. The summed E-state index contributed by atoms with van der Waals surface area (Å²) in [5, 5.41) is 3.59. The lowest BCUT2D eigenvalue weighted by Gasteiger charge is -2.40. The second-order valence-corrected chi connectivity index (χ2v) is 7.82. The van der Waals surface area contributed by atoms with Crippen LogP contribution in [-0.2, 0) is 10.2 Å². The Morgan fingerprint density at radius 3 is 2.40 bits per heavy atom. The first kappa shape index (κ1) is 20.5. The van der Waals surface area contributed by atoms with Crippen LogP contribution >= 0.6 is 0 Å². The van der Waals surface area contributed by atoms with E-state index in [-0.39, 0.29) is 11.2 Å². The van der Waals surface area contributed by atoms with Gasteiger partial charge in [0.2, 0.25) is 5.95 Å². The molecule has 30 heavy (non-hydrogen) atoms. The topological polar surface area (TPSA) is 65.9 Å². The Labute approximate surface area is 177 Å². The highest BCUT2D eigenvalue weighted by Crippen LogP contribution is 2.34. The Hall–Kier alpha value is -2.74. The number of hydrogen-bond donors (Lipinski definition) is 1. The zero-order valence-corrected chi connectivity index (χ0v) is 17.4. The molecule has 7 nitrogen and oxygen atoms in total. The number of rotatable bonds is 4. The van der Waals surface area contributed by atoms with Gasteiger partial charge in [0.05, 0.1) is 0 Å². The van der Waals surface area contributed by atoms with Gasteiger partial charge in [-0.15, -0.1) is 0 Å². The van der Waals surface area contributed by atoms with Gasteiger partial charge < -0.3 is 19.9 Å². The summed E-state index contributed by atoms with van der Waals surface area (Å²) in [6.45, 7) is 5.58. The minimum absolute atomic E-state index is 0.0818. The summed E-state index contributed by atoms with van der Waals surface area (Å²) in [5.74, 6) is 1.47. The fraction of sp³-hybridized carbons (Fsp3) is 0.500. The van der Waals surface area contributed by atoms with Crippen molar-refractivity contribution in [1.29, 1.82) is 0 Å². The summed E-state index contributed by atoms with van der Waals surface area (Å²) in [4.78, 5) is 17.7. The first-order valence-corrected chi connectivity index (χ1v) is 10.5. The zero-order valence-electron chi connectivity index (χ0n) is 17.4. The number of ether oxygens (including phenoxy) is 1. The van der Waals surface area contributed by atoms with Gasteiger partial charge in [0.25, 0.3) is 0 Å². The minimum Gasteiger partial charge on any atom is -0.381 e. The van der Waals surface area contributed by atoms with Gasteiger partial charge in [0, 0.05) is 70.8 Å². The van der Waals surface area contributed by atoms with Crippen LogP contribution in [0.5, 0.6) is 0 Å². The van der Waals surface area contributed by atoms with E-state index in [4.69, 9.17) is 4.74 Å². The zero-order chi connectivity index (χ0) is 20.8. The molecule has 1 aromatic heterocycles. The predicted molar refractivity (Wildman–Crippen MR) is 115 cm³/mol. The highest BCUT2D eigenvalue weighted by molar-refractivity contribution is 5.80. The van der Waals surface area contributed by atoms with Gasteiger partial charge in [-0.25, -0.2) is 14.4 Å². The highest BCUT2D eigenvalue weighted by atomic mass is 19.1. The van der Waals surface area contributed by atoms with E-state index in [1.165, 1.54) is 0 Å². The molecule has 2 aliphatic heterocycles. The smallest absolute Gasteiger partial charge is 0.225 e. The number of halogens is 1. The first-order valence-electron chi connectivity index (χ1n) is 10.5. The molecule has 2 fully saturated rings. The number of piperazine rings is 1. The fourth-order valence-electron chi connectivity index (χ4n) is 4.29. The largest absolute Gasteiger partial charge is 0.381 e. The Bertz CT molecular complexity index is 830. The van der Waals surface area contributed by atoms with E-state index in [0.717, 1.165) is 63.0 Å². The van der Waals surface area contributed by atoms with Crippen molar-refractivity contribution in [1.82, 2.24) is 20.2 Å². The summed E-state index contributed by atoms with van der Waals surface area (Å²) in [6.07, 6.45) is 5.36. The van der Waals surface area contributed by atoms with Crippen LogP contribution in [-0.4, -0.2) is 73.8 Å². The van der Waals surface area contributed by atoms with Gasteiger partial charge in [0.15, 0.2) is 5.96 Å². The predicted octanol–water partition coefficient (Wildman–Crippen LogP) is 2.06. The van der Waals surface area contributed by atoms with E-state index >= 15 is 0 Å². The maximum absolute atomic E-state index is 13.5. The van der Waals surface area contributed by atoms with Crippen molar-refractivity contribution in [3.05, 3.63) is 54.1 Å². The number of nitrogens with zero attached hydrogens (tertiary/aromatic N) is 5. The monoisotopic (exact) mass is 412 g/mol. The average Bonchev–Trinajstić information content (AvgIpc) is 2.81. The summed E-state index contributed by atoms with van der Waals surface area (Å²) in [6, 6.07) is 8.74.